The number of carbonyl (C=O) groups is 1. The summed E-state index contributed by atoms with van der Waals surface area (Å²) in [6, 6.07) is 8.87. The number of carboxylic acids is 1. The van der Waals surface area contributed by atoms with Crippen LogP contribution in [0, 0.1) is 0 Å². The first kappa shape index (κ1) is 23.4. The third-order valence-corrected chi connectivity index (χ3v) is 7.11. The predicted molar refractivity (Wildman–Crippen MR) is 115 cm³/mol. The van der Waals surface area contributed by atoms with Gasteiger partial charge >= 0.3 is 5.97 Å². The zero-order chi connectivity index (χ0) is 23.5. The molecule has 0 aliphatic rings. The number of hydrogen-bond donors (Lipinski definition) is 2. The van der Waals surface area contributed by atoms with E-state index in [1.165, 1.54) is 42.7 Å². The molecular formula is C20H21N3O7S2. The van der Waals surface area contributed by atoms with Crippen LogP contribution in [0.5, 0.6) is 11.5 Å². The molecular weight excluding hydrogens is 458 g/mol. The highest BCUT2D eigenvalue weighted by molar-refractivity contribution is 7.90. The molecule has 0 radical (unpaired) electrons. The van der Waals surface area contributed by atoms with Gasteiger partial charge in [-0.05, 0) is 48.9 Å². The van der Waals surface area contributed by atoms with Crippen LogP contribution < -0.4 is 9.46 Å². The van der Waals surface area contributed by atoms with Crippen LogP contribution in [-0.2, 0) is 19.9 Å². The second kappa shape index (κ2) is 9.10. The molecule has 10 nitrogen and oxygen atoms in total. The average molecular weight is 480 g/mol. The van der Waals surface area contributed by atoms with E-state index in [9.17, 15) is 21.6 Å². The summed E-state index contributed by atoms with van der Waals surface area (Å²) >= 11 is 0. The summed E-state index contributed by atoms with van der Waals surface area (Å²) < 4.78 is 59.4. The van der Waals surface area contributed by atoms with Gasteiger partial charge in [-0.25, -0.2) is 26.6 Å². The number of carboxylic acid groups (broad SMARTS) is 1. The van der Waals surface area contributed by atoms with Crippen LogP contribution >= 0.6 is 0 Å². The molecule has 2 N–H and O–H groups in total. The highest BCUT2D eigenvalue weighted by Crippen LogP contribution is 2.30. The Labute approximate surface area is 185 Å². The molecule has 1 unspecified atom stereocenters. The molecule has 170 valence electrons. The molecule has 3 rings (SSSR count). The predicted octanol–water partition coefficient (Wildman–Crippen LogP) is 2.66. The minimum atomic E-state index is -3.85. The van der Waals surface area contributed by atoms with Gasteiger partial charge in [-0.2, -0.15) is 4.72 Å². The Balaban J connectivity index is 1.84. The fraction of sp³-hybridized carbons (Fsp3) is 0.200. The summed E-state index contributed by atoms with van der Waals surface area (Å²) in [6.45, 7) is 1.83. The molecule has 2 aromatic carbocycles. The van der Waals surface area contributed by atoms with E-state index in [1.54, 1.807) is 17.0 Å². The van der Waals surface area contributed by atoms with E-state index in [4.69, 9.17) is 9.84 Å². The molecule has 0 saturated carbocycles. The number of nitrogens with zero attached hydrogens (tertiary/aromatic N) is 2. The summed E-state index contributed by atoms with van der Waals surface area (Å²) in [4.78, 5) is 14.8. The van der Waals surface area contributed by atoms with E-state index in [2.05, 4.69) is 9.71 Å². The van der Waals surface area contributed by atoms with Gasteiger partial charge in [0.05, 0.1) is 23.0 Å². The molecule has 1 heterocycles. The number of rotatable bonds is 9. The van der Waals surface area contributed by atoms with Crippen LogP contribution in [0.15, 0.2) is 71.0 Å². The van der Waals surface area contributed by atoms with Gasteiger partial charge in [0.15, 0.2) is 9.84 Å². The minimum absolute atomic E-state index is 0.00650. The quantitative estimate of drug-likeness (QED) is 0.476. The van der Waals surface area contributed by atoms with Crippen molar-refractivity contribution in [3.63, 3.8) is 0 Å². The standard InChI is InChI=1S/C20H21N3O7S2/c1-3-19(23-11-10-21-13-23)22-32(28,29)16-7-5-15(6-8-16)30-17-9-4-14(20(24)25)12-18(17)31(2,26)27/h4-13,19,22H,3H2,1-2H3,(H,24,25). The number of ether oxygens (including phenoxy) is 1. The van der Waals surface area contributed by atoms with Crippen molar-refractivity contribution < 1.29 is 31.5 Å². The van der Waals surface area contributed by atoms with Crippen molar-refractivity contribution in [2.75, 3.05) is 6.26 Å². The maximum atomic E-state index is 12.7. The normalized spacial score (nSPS) is 12.9. The summed E-state index contributed by atoms with van der Waals surface area (Å²) in [7, 11) is -7.63. The molecule has 0 aliphatic carbocycles. The van der Waals surface area contributed by atoms with Crippen molar-refractivity contribution in [3.8, 4) is 11.5 Å². The number of hydrogen-bond acceptors (Lipinski definition) is 7. The smallest absolute Gasteiger partial charge is 0.335 e. The van der Waals surface area contributed by atoms with Gasteiger partial charge < -0.3 is 14.4 Å². The first-order valence-electron chi connectivity index (χ1n) is 9.36. The third-order valence-electron chi connectivity index (χ3n) is 4.51. The van der Waals surface area contributed by atoms with Gasteiger partial charge in [-0.3, -0.25) is 0 Å². The van der Waals surface area contributed by atoms with Crippen molar-refractivity contribution in [1.29, 1.82) is 0 Å². The Hall–Kier alpha value is -3.22. The third kappa shape index (κ3) is 5.33. The van der Waals surface area contributed by atoms with Gasteiger partial charge in [0, 0.05) is 18.6 Å². The van der Waals surface area contributed by atoms with Gasteiger partial charge in [0.25, 0.3) is 0 Å². The lowest BCUT2D eigenvalue weighted by molar-refractivity contribution is 0.0696. The summed E-state index contributed by atoms with van der Waals surface area (Å²) in [5, 5.41) is 9.10. The fourth-order valence-corrected chi connectivity index (χ4v) is 4.98. The van der Waals surface area contributed by atoms with Crippen molar-refractivity contribution in [2.24, 2.45) is 0 Å². The first-order chi connectivity index (χ1) is 15.0. The van der Waals surface area contributed by atoms with Crippen LogP contribution in [0.2, 0.25) is 0 Å². The topological polar surface area (TPSA) is 145 Å². The number of aromatic nitrogens is 2. The largest absolute Gasteiger partial charge is 0.478 e. The van der Waals surface area contributed by atoms with Crippen LogP contribution in [0.1, 0.15) is 29.9 Å². The second-order valence-electron chi connectivity index (χ2n) is 6.87. The first-order valence-corrected chi connectivity index (χ1v) is 12.7. The highest BCUT2D eigenvalue weighted by atomic mass is 32.2. The molecule has 0 amide bonds. The zero-order valence-electron chi connectivity index (χ0n) is 17.2. The average Bonchev–Trinajstić information content (AvgIpc) is 3.26. The van der Waals surface area contributed by atoms with Crippen molar-refractivity contribution in [1.82, 2.24) is 14.3 Å². The zero-order valence-corrected chi connectivity index (χ0v) is 18.8. The molecule has 1 aromatic heterocycles. The molecule has 12 heteroatoms. The van der Waals surface area contributed by atoms with Crippen molar-refractivity contribution in [3.05, 3.63) is 66.7 Å². The number of sulfone groups is 1. The Morgan fingerprint density at radius 3 is 2.38 bits per heavy atom. The number of nitrogens with one attached hydrogen (secondary N) is 1. The number of aromatic carboxylic acids is 1. The van der Waals surface area contributed by atoms with Gasteiger partial charge in [0.1, 0.15) is 16.4 Å². The summed E-state index contributed by atoms with van der Waals surface area (Å²) in [5.74, 6) is -1.17. The lowest BCUT2D eigenvalue weighted by Crippen LogP contribution is -2.31. The van der Waals surface area contributed by atoms with E-state index in [0.717, 1.165) is 12.3 Å². The highest BCUT2D eigenvalue weighted by Gasteiger charge is 2.21. The Bertz CT molecular complexity index is 1320. The molecule has 0 spiro atoms. The molecule has 0 saturated heterocycles. The Morgan fingerprint density at radius 1 is 1.16 bits per heavy atom. The van der Waals surface area contributed by atoms with Crippen LogP contribution in [0.3, 0.4) is 0 Å². The summed E-state index contributed by atoms with van der Waals surface area (Å²) in [5.41, 5.74) is -0.200. The van der Waals surface area contributed by atoms with Gasteiger partial charge in [-0.15, -0.1) is 0 Å². The molecule has 1 atom stereocenters. The molecule has 32 heavy (non-hydrogen) atoms. The maximum absolute atomic E-state index is 12.7. The lowest BCUT2D eigenvalue weighted by atomic mass is 10.2. The molecule has 0 aliphatic heterocycles. The fourth-order valence-electron chi connectivity index (χ4n) is 2.88. The van der Waals surface area contributed by atoms with Gasteiger partial charge in [0.2, 0.25) is 10.0 Å². The lowest BCUT2D eigenvalue weighted by Gasteiger charge is -2.18. The van der Waals surface area contributed by atoms with E-state index in [1.807, 2.05) is 6.92 Å². The molecule has 0 fully saturated rings. The van der Waals surface area contributed by atoms with E-state index in [-0.39, 0.29) is 26.9 Å². The van der Waals surface area contributed by atoms with Crippen LogP contribution in [0.25, 0.3) is 0 Å². The Kier molecular flexibility index (Phi) is 6.67. The SMILES string of the molecule is CCC(NS(=O)(=O)c1ccc(Oc2ccc(C(=O)O)cc2S(C)(=O)=O)cc1)n1ccnc1. The Morgan fingerprint density at radius 2 is 1.84 bits per heavy atom. The van der Waals surface area contributed by atoms with E-state index in [0.29, 0.717) is 6.42 Å². The van der Waals surface area contributed by atoms with Gasteiger partial charge in [-0.1, -0.05) is 6.92 Å². The number of imidazole rings is 1. The number of sulfonamides is 1. The van der Waals surface area contributed by atoms with E-state index >= 15 is 0 Å². The second-order valence-corrected chi connectivity index (χ2v) is 10.6. The molecule has 0 bridgehead atoms. The van der Waals surface area contributed by atoms with Crippen molar-refractivity contribution >= 4 is 25.8 Å². The van der Waals surface area contributed by atoms with Crippen LogP contribution in [0.4, 0.5) is 0 Å². The van der Waals surface area contributed by atoms with Crippen molar-refractivity contribution in [2.45, 2.75) is 29.3 Å². The maximum Gasteiger partial charge on any atom is 0.335 e. The van der Waals surface area contributed by atoms with E-state index < -0.39 is 32.0 Å². The number of benzene rings is 2. The monoisotopic (exact) mass is 479 g/mol. The molecule has 3 aromatic rings. The minimum Gasteiger partial charge on any atom is -0.478 e. The summed E-state index contributed by atoms with van der Waals surface area (Å²) in [6.07, 6.45) is 5.65. The van der Waals surface area contributed by atoms with Crippen LogP contribution in [-0.4, -0.2) is 43.7 Å².